The van der Waals surface area contributed by atoms with E-state index in [1.165, 1.54) is 0 Å². The van der Waals surface area contributed by atoms with Gasteiger partial charge in [-0.25, -0.2) is 9.48 Å². The highest BCUT2D eigenvalue weighted by atomic mass is 16.6. The van der Waals surface area contributed by atoms with E-state index in [1.54, 1.807) is 24.3 Å². The van der Waals surface area contributed by atoms with E-state index in [9.17, 15) is 9.59 Å². The third kappa shape index (κ3) is 4.32. The van der Waals surface area contributed by atoms with Gasteiger partial charge in [-0.05, 0) is 25.1 Å². The highest BCUT2D eigenvalue weighted by Gasteiger charge is 2.17. The second-order valence-corrected chi connectivity index (χ2v) is 5.94. The van der Waals surface area contributed by atoms with Gasteiger partial charge in [-0.2, -0.15) is 5.10 Å². The highest BCUT2D eigenvalue weighted by molar-refractivity contribution is 6.02. The summed E-state index contributed by atoms with van der Waals surface area (Å²) in [5.41, 5.74) is 0.803. The summed E-state index contributed by atoms with van der Waals surface area (Å²) in [4.78, 5) is 24.8. The van der Waals surface area contributed by atoms with Gasteiger partial charge in [-0.15, -0.1) is 0 Å². The normalized spacial score (nSPS) is 10.7. The molecule has 7 nitrogen and oxygen atoms in total. The minimum absolute atomic E-state index is 0.000479. The molecule has 3 rings (SSSR count). The number of esters is 1. The van der Waals surface area contributed by atoms with Crippen LogP contribution in [0.1, 0.15) is 16.1 Å². The molecular formula is C20H20N2O5. The maximum absolute atomic E-state index is 12.5. The smallest absolute Gasteiger partial charge is 0.359 e. The highest BCUT2D eigenvalue weighted by Crippen LogP contribution is 2.15. The predicted molar refractivity (Wildman–Crippen MR) is 100 cm³/mol. The first-order valence-electron chi connectivity index (χ1n) is 8.57. The van der Waals surface area contributed by atoms with Crippen molar-refractivity contribution in [3.8, 4) is 5.75 Å². The molecule has 0 aliphatic heterocycles. The second kappa shape index (κ2) is 8.46. The van der Waals surface area contributed by atoms with Crippen molar-refractivity contribution < 1.29 is 19.4 Å². The summed E-state index contributed by atoms with van der Waals surface area (Å²) in [6.45, 7) is 1.97. The maximum Gasteiger partial charge on any atom is 0.359 e. The number of carbonyl (C=O) groups excluding carboxylic acids is 1. The molecule has 1 heterocycles. The van der Waals surface area contributed by atoms with Gasteiger partial charge in [-0.3, -0.25) is 4.79 Å². The minimum atomic E-state index is -0.648. The summed E-state index contributed by atoms with van der Waals surface area (Å²) in [5, 5.41) is 13.9. The summed E-state index contributed by atoms with van der Waals surface area (Å²) >= 11 is 0. The second-order valence-electron chi connectivity index (χ2n) is 5.94. The molecule has 0 aliphatic rings. The molecule has 27 heavy (non-hydrogen) atoms. The fourth-order valence-corrected chi connectivity index (χ4v) is 2.63. The Morgan fingerprint density at radius 3 is 2.48 bits per heavy atom. The van der Waals surface area contributed by atoms with Crippen LogP contribution in [-0.2, 0) is 11.3 Å². The lowest BCUT2D eigenvalue weighted by Gasteiger charge is -2.11. The van der Waals surface area contributed by atoms with Crippen LogP contribution in [-0.4, -0.2) is 40.7 Å². The van der Waals surface area contributed by atoms with Gasteiger partial charge in [0.25, 0.3) is 5.56 Å². The Bertz CT molecular complexity index is 995. The number of aliphatic hydroxyl groups is 1. The SMILES string of the molecule is Cc1ccc(OCCOC(=O)c2nn(CCO)c(=O)c3ccccc23)cc1. The lowest BCUT2D eigenvalue weighted by molar-refractivity contribution is 0.0443. The number of hydrogen-bond donors (Lipinski definition) is 1. The number of ether oxygens (including phenoxy) is 2. The third-order valence-corrected chi connectivity index (χ3v) is 3.98. The minimum Gasteiger partial charge on any atom is -0.490 e. The largest absolute Gasteiger partial charge is 0.490 e. The van der Waals surface area contributed by atoms with Crippen LogP contribution in [0.25, 0.3) is 10.8 Å². The van der Waals surface area contributed by atoms with Gasteiger partial charge in [0, 0.05) is 5.39 Å². The molecule has 3 aromatic rings. The lowest BCUT2D eigenvalue weighted by atomic mass is 10.1. The van der Waals surface area contributed by atoms with Crippen molar-refractivity contribution in [3.05, 3.63) is 70.1 Å². The molecule has 0 fully saturated rings. The zero-order valence-corrected chi connectivity index (χ0v) is 14.9. The zero-order valence-electron chi connectivity index (χ0n) is 14.9. The summed E-state index contributed by atoms with van der Waals surface area (Å²) in [5.74, 6) is 0.0436. The molecule has 0 unspecified atom stereocenters. The number of hydrogen-bond acceptors (Lipinski definition) is 6. The standard InChI is InChI=1S/C20H20N2O5/c1-14-6-8-15(9-7-14)26-12-13-27-20(25)18-16-4-2-3-5-17(16)19(24)22(21-18)10-11-23/h2-9,23H,10-13H2,1H3. The molecule has 0 saturated heterocycles. The number of aromatic nitrogens is 2. The molecule has 0 bridgehead atoms. The van der Waals surface area contributed by atoms with Crippen molar-refractivity contribution >= 4 is 16.7 Å². The summed E-state index contributed by atoms with van der Waals surface area (Å²) in [7, 11) is 0. The summed E-state index contributed by atoms with van der Waals surface area (Å²) < 4.78 is 11.9. The first-order chi connectivity index (χ1) is 13.1. The molecule has 0 saturated carbocycles. The fraction of sp³-hybridized carbons (Fsp3) is 0.250. The van der Waals surface area contributed by atoms with Crippen LogP contribution in [0.15, 0.2) is 53.3 Å². The van der Waals surface area contributed by atoms with Crippen LogP contribution in [0, 0.1) is 6.92 Å². The predicted octanol–water partition coefficient (Wildman–Crippen LogP) is 1.93. The number of aliphatic hydroxyl groups excluding tert-OH is 1. The number of aryl methyl sites for hydroxylation is 1. The Morgan fingerprint density at radius 1 is 1.07 bits per heavy atom. The van der Waals surface area contributed by atoms with Crippen LogP contribution in [0.3, 0.4) is 0 Å². The van der Waals surface area contributed by atoms with E-state index < -0.39 is 5.97 Å². The van der Waals surface area contributed by atoms with Gasteiger partial charge in [0.15, 0.2) is 5.69 Å². The van der Waals surface area contributed by atoms with Gasteiger partial charge >= 0.3 is 5.97 Å². The number of fused-ring (bicyclic) bond motifs is 1. The van der Waals surface area contributed by atoms with E-state index in [0.717, 1.165) is 10.2 Å². The first kappa shape index (κ1) is 18.6. The Balaban J connectivity index is 1.72. The molecule has 140 valence electrons. The van der Waals surface area contributed by atoms with Crippen molar-refractivity contribution in [1.82, 2.24) is 9.78 Å². The molecule has 0 radical (unpaired) electrons. The monoisotopic (exact) mass is 368 g/mol. The zero-order chi connectivity index (χ0) is 19.2. The fourth-order valence-electron chi connectivity index (χ4n) is 2.63. The van der Waals surface area contributed by atoms with E-state index in [1.807, 2.05) is 31.2 Å². The van der Waals surface area contributed by atoms with E-state index in [-0.39, 0.29) is 37.6 Å². The van der Waals surface area contributed by atoms with E-state index in [2.05, 4.69) is 5.10 Å². The van der Waals surface area contributed by atoms with Crippen molar-refractivity contribution in [2.24, 2.45) is 0 Å². The van der Waals surface area contributed by atoms with Gasteiger partial charge in [-0.1, -0.05) is 35.9 Å². The maximum atomic E-state index is 12.5. The summed E-state index contributed by atoms with van der Waals surface area (Å²) in [6.07, 6.45) is 0. The van der Waals surface area contributed by atoms with Gasteiger partial charge in [0.1, 0.15) is 19.0 Å². The van der Waals surface area contributed by atoms with Crippen LogP contribution in [0.4, 0.5) is 0 Å². The first-order valence-corrected chi connectivity index (χ1v) is 8.57. The van der Waals surface area contributed by atoms with Crippen molar-refractivity contribution in [3.63, 3.8) is 0 Å². The molecule has 7 heteroatoms. The third-order valence-electron chi connectivity index (χ3n) is 3.98. The molecule has 1 aromatic heterocycles. The number of carbonyl (C=O) groups is 1. The Morgan fingerprint density at radius 2 is 1.78 bits per heavy atom. The Kier molecular flexibility index (Phi) is 5.83. The number of benzene rings is 2. The van der Waals surface area contributed by atoms with Crippen LogP contribution >= 0.6 is 0 Å². The lowest BCUT2D eigenvalue weighted by Crippen LogP contribution is -2.28. The average molecular weight is 368 g/mol. The molecule has 0 atom stereocenters. The van der Waals surface area contributed by atoms with Crippen LogP contribution in [0.5, 0.6) is 5.75 Å². The molecule has 0 spiro atoms. The van der Waals surface area contributed by atoms with Crippen molar-refractivity contribution in [2.45, 2.75) is 13.5 Å². The Hall–Kier alpha value is -3.19. The van der Waals surface area contributed by atoms with Gasteiger partial charge in [0.05, 0.1) is 18.5 Å². The molecule has 1 N–H and O–H groups in total. The average Bonchev–Trinajstić information content (AvgIpc) is 2.69. The van der Waals surface area contributed by atoms with Gasteiger partial charge in [0.2, 0.25) is 0 Å². The molecule has 0 amide bonds. The van der Waals surface area contributed by atoms with E-state index in [4.69, 9.17) is 14.6 Å². The van der Waals surface area contributed by atoms with Crippen LogP contribution in [0.2, 0.25) is 0 Å². The number of rotatable bonds is 7. The molecule has 0 aliphatic carbocycles. The topological polar surface area (TPSA) is 90.7 Å². The van der Waals surface area contributed by atoms with E-state index >= 15 is 0 Å². The van der Waals surface area contributed by atoms with Crippen molar-refractivity contribution in [1.29, 1.82) is 0 Å². The molecular weight excluding hydrogens is 348 g/mol. The quantitative estimate of drug-likeness (QED) is 0.506. The Labute approximate surface area is 155 Å². The van der Waals surface area contributed by atoms with E-state index in [0.29, 0.717) is 16.5 Å². The number of nitrogens with zero attached hydrogens (tertiary/aromatic N) is 2. The van der Waals surface area contributed by atoms with Gasteiger partial charge < -0.3 is 14.6 Å². The molecule has 2 aromatic carbocycles. The van der Waals surface area contributed by atoms with Crippen LogP contribution < -0.4 is 10.3 Å². The van der Waals surface area contributed by atoms with Crippen molar-refractivity contribution in [2.75, 3.05) is 19.8 Å². The summed E-state index contributed by atoms with van der Waals surface area (Å²) in [6, 6.07) is 14.2.